The van der Waals surface area contributed by atoms with Gasteiger partial charge in [-0.25, -0.2) is 22.8 Å². The van der Waals surface area contributed by atoms with Gasteiger partial charge in [0.05, 0.1) is 21.8 Å². The van der Waals surface area contributed by atoms with E-state index in [0.717, 1.165) is 24.7 Å². The highest BCUT2D eigenvalue weighted by Crippen LogP contribution is 2.32. The Morgan fingerprint density at radius 3 is 2.35 bits per heavy atom. The summed E-state index contributed by atoms with van der Waals surface area (Å²) in [4.78, 5) is 9.46. The minimum Gasteiger partial charge on any atom is -0.350 e. The van der Waals surface area contributed by atoms with Crippen LogP contribution in [0.5, 0.6) is 0 Å². The number of halogens is 4. The summed E-state index contributed by atoms with van der Waals surface area (Å²) >= 11 is 0. The minimum atomic E-state index is -4.49. The molecule has 1 aromatic carbocycles. The van der Waals surface area contributed by atoms with E-state index in [4.69, 9.17) is 0 Å². The molecule has 4 heterocycles. The third-order valence-corrected chi connectivity index (χ3v) is 7.32. The summed E-state index contributed by atoms with van der Waals surface area (Å²) in [6.45, 7) is 1.06. The number of hydrogen-bond donors (Lipinski definition) is 1. The van der Waals surface area contributed by atoms with Crippen molar-refractivity contribution < 1.29 is 26.0 Å². The quantitative estimate of drug-likeness (QED) is 0.379. The summed E-state index contributed by atoms with van der Waals surface area (Å²) in [5, 5.41) is 11.6. The molecule has 1 saturated heterocycles. The van der Waals surface area contributed by atoms with Gasteiger partial charge in [-0.15, -0.1) is 10.2 Å². The lowest BCUT2D eigenvalue weighted by Gasteiger charge is -2.31. The van der Waals surface area contributed by atoms with E-state index in [9.17, 15) is 26.0 Å². The Kier molecular flexibility index (Phi) is 6.22. The number of alkyl halides is 3. The van der Waals surface area contributed by atoms with Crippen LogP contribution in [0.25, 0.3) is 5.65 Å². The van der Waals surface area contributed by atoms with Crippen molar-refractivity contribution >= 4 is 32.8 Å². The lowest BCUT2D eigenvalue weighted by atomic mass is 9.96. The standard InChI is InChI=1S/C23H21F4N7O2S/c1-37(35,36)16-4-5-18(17(24)11-16)30-19-3-2-8-34-20(31-32-21(19)34)14-6-9-33(10-7-14)22-28-12-15(13-29-22)23(25,26)27/h2-5,8,11-14,30H,6-7,9-10H2,1H3. The van der Waals surface area contributed by atoms with Crippen LogP contribution < -0.4 is 10.2 Å². The van der Waals surface area contributed by atoms with Crippen molar-refractivity contribution in [2.45, 2.75) is 29.8 Å². The van der Waals surface area contributed by atoms with E-state index in [1.807, 2.05) is 4.90 Å². The second-order valence-electron chi connectivity index (χ2n) is 8.74. The van der Waals surface area contributed by atoms with Crippen molar-refractivity contribution in [3.63, 3.8) is 0 Å². The first-order valence-electron chi connectivity index (χ1n) is 11.2. The van der Waals surface area contributed by atoms with Crippen LogP contribution in [0.3, 0.4) is 0 Å². The molecule has 37 heavy (non-hydrogen) atoms. The van der Waals surface area contributed by atoms with Gasteiger partial charge in [-0.05, 0) is 43.2 Å². The molecule has 14 heteroatoms. The second-order valence-corrected chi connectivity index (χ2v) is 10.8. The zero-order valence-electron chi connectivity index (χ0n) is 19.4. The van der Waals surface area contributed by atoms with Gasteiger partial charge < -0.3 is 10.2 Å². The van der Waals surface area contributed by atoms with Crippen LogP contribution in [0.2, 0.25) is 0 Å². The number of nitrogens with one attached hydrogen (secondary N) is 1. The Morgan fingerprint density at radius 2 is 1.73 bits per heavy atom. The Hall–Kier alpha value is -3.81. The number of pyridine rings is 1. The number of fused-ring (bicyclic) bond motifs is 1. The van der Waals surface area contributed by atoms with E-state index in [-0.39, 0.29) is 22.4 Å². The molecule has 0 amide bonds. The molecule has 9 nitrogen and oxygen atoms in total. The first-order valence-corrected chi connectivity index (χ1v) is 13.1. The molecule has 4 aromatic rings. The van der Waals surface area contributed by atoms with E-state index >= 15 is 0 Å². The van der Waals surface area contributed by atoms with Crippen LogP contribution in [-0.4, -0.2) is 52.3 Å². The normalized spacial score (nSPS) is 15.3. The van der Waals surface area contributed by atoms with Crippen LogP contribution in [-0.2, 0) is 16.0 Å². The minimum absolute atomic E-state index is 0.0294. The molecule has 0 radical (unpaired) electrons. The van der Waals surface area contributed by atoms with E-state index in [0.29, 0.717) is 43.1 Å². The summed E-state index contributed by atoms with van der Waals surface area (Å²) in [6.07, 6.45) is 1.20. The molecule has 0 spiro atoms. The number of rotatable bonds is 5. The number of hydrogen-bond acceptors (Lipinski definition) is 8. The zero-order valence-corrected chi connectivity index (χ0v) is 20.3. The maximum atomic E-state index is 14.6. The number of anilines is 3. The van der Waals surface area contributed by atoms with Crippen molar-refractivity contribution in [1.82, 2.24) is 24.6 Å². The molecule has 194 valence electrons. The van der Waals surface area contributed by atoms with Crippen molar-refractivity contribution in [3.8, 4) is 0 Å². The van der Waals surface area contributed by atoms with E-state index in [1.54, 1.807) is 22.7 Å². The zero-order chi connectivity index (χ0) is 26.4. The van der Waals surface area contributed by atoms with Gasteiger partial charge in [-0.2, -0.15) is 13.2 Å². The molecule has 1 N–H and O–H groups in total. The fraction of sp³-hybridized carbons (Fsp3) is 0.304. The fourth-order valence-corrected chi connectivity index (χ4v) is 4.88. The summed E-state index contributed by atoms with van der Waals surface area (Å²) in [7, 11) is -3.54. The lowest BCUT2D eigenvalue weighted by Crippen LogP contribution is -2.34. The molecular weight excluding hydrogens is 514 g/mol. The van der Waals surface area contributed by atoms with E-state index < -0.39 is 27.4 Å². The van der Waals surface area contributed by atoms with Gasteiger partial charge in [0, 0.05) is 43.9 Å². The molecule has 3 aromatic heterocycles. The third kappa shape index (κ3) is 5.05. The van der Waals surface area contributed by atoms with Crippen LogP contribution >= 0.6 is 0 Å². The lowest BCUT2D eigenvalue weighted by molar-refractivity contribution is -0.138. The first-order chi connectivity index (χ1) is 17.5. The molecule has 1 aliphatic rings. The summed E-state index contributed by atoms with van der Waals surface area (Å²) in [5.74, 6) is 0.261. The largest absolute Gasteiger partial charge is 0.419 e. The van der Waals surface area contributed by atoms with Crippen molar-refractivity contribution in [2.24, 2.45) is 0 Å². The predicted octanol–water partition coefficient (Wildman–Crippen LogP) is 4.21. The Labute approximate surface area is 209 Å². The van der Waals surface area contributed by atoms with Gasteiger partial charge >= 0.3 is 6.18 Å². The monoisotopic (exact) mass is 535 g/mol. The molecular formula is C23H21F4N7O2S. The van der Waals surface area contributed by atoms with Gasteiger partial charge in [-0.3, -0.25) is 4.40 Å². The van der Waals surface area contributed by atoms with Gasteiger partial charge in [0.2, 0.25) is 5.95 Å². The van der Waals surface area contributed by atoms with Gasteiger partial charge in [0.25, 0.3) is 0 Å². The smallest absolute Gasteiger partial charge is 0.350 e. The van der Waals surface area contributed by atoms with Gasteiger partial charge in [-0.1, -0.05) is 0 Å². The number of aromatic nitrogens is 5. The molecule has 0 bridgehead atoms. The molecule has 0 atom stereocenters. The Balaban J connectivity index is 1.32. The molecule has 0 aliphatic carbocycles. The summed E-state index contributed by atoms with van der Waals surface area (Å²) in [5.41, 5.74) is 0.159. The van der Waals surface area contributed by atoms with E-state index in [2.05, 4.69) is 25.5 Å². The molecule has 5 rings (SSSR count). The average Bonchev–Trinajstić information content (AvgIpc) is 3.29. The van der Waals surface area contributed by atoms with Gasteiger partial charge in [0.15, 0.2) is 15.5 Å². The average molecular weight is 536 g/mol. The van der Waals surface area contributed by atoms with Crippen LogP contribution in [0, 0.1) is 5.82 Å². The van der Waals surface area contributed by atoms with Crippen molar-refractivity contribution in [3.05, 3.63) is 66.1 Å². The number of piperidine rings is 1. The fourth-order valence-electron chi connectivity index (χ4n) is 4.25. The maximum Gasteiger partial charge on any atom is 0.419 e. The van der Waals surface area contributed by atoms with Crippen LogP contribution in [0.4, 0.5) is 34.9 Å². The first kappa shape index (κ1) is 24.9. The maximum absolute atomic E-state index is 14.6. The van der Waals surface area contributed by atoms with Crippen molar-refractivity contribution in [2.75, 3.05) is 29.6 Å². The highest BCUT2D eigenvalue weighted by Gasteiger charge is 2.32. The highest BCUT2D eigenvalue weighted by atomic mass is 32.2. The molecule has 0 saturated carbocycles. The Bertz CT molecular complexity index is 1550. The van der Waals surface area contributed by atoms with Crippen LogP contribution in [0.1, 0.15) is 30.1 Å². The molecule has 1 aliphatic heterocycles. The van der Waals surface area contributed by atoms with Gasteiger partial charge in [0.1, 0.15) is 11.6 Å². The summed E-state index contributed by atoms with van der Waals surface area (Å²) in [6, 6.07) is 7.11. The second kappa shape index (κ2) is 9.25. The third-order valence-electron chi connectivity index (χ3n) is 6.21. The van der Waals surface area contributed by atoms with E-state index in [1.165, 1.54) is 12.1 Å². The number of nitrogens with zero attached hydrogens (tertiary/aromatic N) is 6. The highest BCUT2D eigenvalue weighted by molar-refractivity contribution is 7.90. The molecule has 0 unspecified atom stereocenters. The SMILES string of the molecule is CS(=O)(=O)c1ccc(Nc2cccn3c(C4CCN(c5ncc(C(F)(F)F)cn5)CC4)nnc23)c(F)c1. The van der Waals surface area contributed by atoms with Crippen molar-refractivity contribution in [1.29, 1.82) is 0 Å². The molecule has 1 fully saturated rings. The predicted molar refractivity (Wildman–Crippen MR) is 127 cm³/mol. The summed E-state index contributed by atoms with van der Waals surface area (Å²) < 4.78 is 78.1. The Morgan fingerprint density at radius 1 is 1.03 bits per heavy atom. The van der Waals surface area contributed by atoms with Crippen LogP contribution in [0.15, 0.2) is 53.8 Å². The number of benzene rings is 1. The number of sulfone groups is 1. The topological polar surface area (TPSA) is 105 Å².